The quantitative estimate of drug-likeness (QED) is 0.636. The number of H-pyrrole nitrogens is 2. The van der Waals surface area contributed by atoms with E-state index >= 15 is 0 Å². The minimum atomic E-state index is -0.293. The molecule has 9 heteroatoms. The molecular formula is C12H11N5O2S2. The number of thioether (sulfide) groups is 1. The maximum absolute atomic E-state index is 12.1. The van der Waals surface area contributed by atoms with Crippen molar-refractivity contribution >= 4 is 45.7 Å². The number of benzene rings is 1. The number of amides is 1. The SMILES string of the molecule is CC(Sc1nncs1)C(=O)Nc1ccc2[nH]c(=O)[nH]c2c1. The van der Waals surface area contributed by atoms with Crippen LogP contribution in [0.25, 0.3) is 11.0 Å². The zero-order valence-corrected chi connectivity index (χ0v) is 12.5. The van der Waals surface area contributed by atoms with Gasteiger partial charge in [-0.1, -0.05) is 23.1 Å². The molecule has 0 aliphatic carbocycles. The second kappa shape index (κ2) is 5.70. The summed E-state index contributed by atoms with van der Waals surface area (Å²) in [5.74, 6) is -0.132. The number of carbonyl (C=O) groups excluding carboxylic acids is 1. The smallest absolute Gasteiger partial charge is 0.323 e. The van der Waals surface area contributed by atoms with Gasteiger partial charge >= 0.3 is 5.69 Å². The van der Waals surface area contributed by atoms with Crippen LogP contribution in [0.3, 0.4) is 0 Å². The molecule has 1 unspecified atom stereocenters. The van der Waals surface area contributed by atoms with E-state index in [2.05, 4.69) is 25.5 Å². The van der Waals surface area contributed by atoms with Crippen molar-refractivity contribution in [2.45, 2.75) is 16.5 Å². The van der Waals surface area contributed by atoms with Gasteiger partial charge in [0.15, 0.2) is 4.34 Å². The number of carbonyl (C=O) groups is 1. The Balaban J connectivity index is 1.71. The van der Waals surface area contributed by atoms with Crippen LogP contribution in [0, 0.1) is 0 Å². The van der Waals surface area contributed by atoms with Gasteiger partial charge in [-0.25, -0.2) is 4.79 Å². The number of imidazole rings is 1. The van der Waals surface area contributed by atoms with Gasteiger partial charge in [0.2, 0.25) is 5.91 Å². The molecule has 3 N–H and O–H groups in total. The van der Waals surface area contributed by atoms with E-state index in [0.717, 1.165) is 4.34 Å². The number of anilines is 1. The Bertz CT molecular complexity index is 824. The van der Waals surface area contributed by atoms with Gasteiger partial charge in [0.25, 0.3) is 0 Å². The van der Waals surface area contributed by atoms with E-state index in [4.69, 9.17) is 0 Å². The van der Waals surface area contributed by atoms with E-state index < -0.39 is 0 Å². The number of rotatable bonds is 4. The summed E-state index contributed by atoms with van der Waals surface area (Å²) in [6.45, 7) is 1.80. The molecular weight excluding hydrogens is 310 g/mol. The van der Waals surface area contributed by atoms with Gasteiger partial charge in [-0.05, 0) is 25.1 Å². The molecule has 2 aromatic heterocycles. The van der Waals surface area contributed by atoms with Gasteiger partial charge in [0, 0.05) is 5.69 Å². The molecule has 3 aromatic rings. The number of fused-ring (bicyclic) bond motifs is 1. The first kappa shape index (κ1) is 13.8. The topological polar surface area (TPSA) is 104 Å². The van der Waals surface area contributed by atoms with Crippen molar-refractivity contribution in [2.24, 2.45) is 0 Å². The maximum atomic E-state index is 12.1. The zero-order chi connectivity index (χ0) is 14.8. The Labute approximate surface area is 127 Å². The second-order valence-electron chi connectivity index (χ2n) is 4.29. The number of aromatic nitrogens is 4. The van der Waals surface area contributed by atoms with Crippen LogP contribution in [0.15, 0.2) is 32.8 Å². The largest absolute Gasteiger partial charge is 0.325 e. The Morgan fingerprint density at radius 3 is 2.95 bits per heavy atom. The molecule has 0 saturated heterocycles. The third-order valence-corrected chi connectivity index (χ3v) is 4.68. The van der Waals surface area contributed by atoms with Crippen LogP contribution in [0.1, 0.15) is 6.92 Å². The second-order valence-corrected chi connectivity index (χ2v) is 6.71. The van der Waals surface area contributed by atoms with E-state index in [9.17, 15) is 9.59 Å². The maximum Gasteiger partial charge on any atom is 0.323 e. The van der Waals surface area contributed by atoms with Gasteiger partial charge in [-0.15, -0.1) is 10.2 Å². The standard InChI is InChI=1S/C12H11N5O2S2/c1-6(21-12-17-13-5-20-12)10(18)14-7-2-3-8-9(4-7)16-11(19)15-8/h2-6H,1H3,(H,14,18)(H2,15,16,19). The fourth-order valence-electron chi connectivity index (χ4n) is 1.77. The number of hydrogen-bond donors (Lipinski definition) is 3. The minimum Gasteiger partial charge on any atom is -0.325 e. The molecule has 0 aliphatic rings. The number of hydrogen-bond acceptors (Lipinski definition) is 6. The number of nitrogens with one attached hydrogen (secondary N) is 3. The summed E-state index contributed by atoms with van der Waals surface area (Å²) in [5.41, 5.74) is 3.35. The van der Waals surface area contributed by atoms with Crippen LogP contribution in [0.5, 0.6) is 0 Å². The molecule has 0 aliphatic heterocycles. The van der Waals surface area contributed by atoms with Crippen molar-refractivity contribution in [3.8, 4) is 0 Å². The Morgan fingerprint density at radius 1 is 1.38 bits per heavy atom. The molecule has 108 valence electrons. The van der Waals surface area contributed by atoms with E-state index in [-0.39, 0.29) is 16.8 Å². The van der Waals surface area contributed by atoms with Gasteiger partial charge in [0.1, 0.15) is 5.51 Å². The summed E-state index contributed by atoms with van der Waals surface area (Å²) in [7, 11) is 0. The van der Waals surface area contributed by atoms with Crippen molar-refractivity contribution in [1.29, 1.82) is 0 Å². The molecule has 0 radical (unpaired) electrons. The molecule has 1 aromatic carbocycles. The summed E-state index contributed by atoms with van der Waals surface area (Å²) >= 11 is 2.75. The van der Waals surface area contributed by atoms with Crippen molar-refractivity contribution in [2.75, 3.05) is 5.32 Å². The average Bonchev–Trinajstić information content (AvgIpc) is 3.06. The van der Waals surface area contributed by atoms with Gasteiger partial charge in [-0.2, -0.15) is 0 Å². The van der Waals surface area contributed by atoms with E-state index in [1.165, 1.54) is 23.1 Å². The minimum absolute atomic E-state index is 0.132. The third kappa shape index (κ3) is 3.14. The van der Waals surface area contributed by atoms with Crippen LogP contribution in [0.2, 0.25) is 0 Å². The summed E-state index contributed by atoms with van der Waals surface area (Å²) in [6.07, 6.45) is 0. The zero-order valence-electron chi connectivity index (χ0n) is 10.9. The molecule has 1 amide bonds. The lowest BCUT2D eigenvalue weighted by Gasteiger charge is -2.10. The summed E-state index contributed by atoms with van der Waals surface area (Å²) in [5, 5.41) is 10.2. The summed E-state index contributed by atoms with van der Waals surface area (Å²) in [6, 6.07) is 5.20. The highest BCUT2D eigenvalue weighted by Gasteiger charge is 2.16. The highest BCUT2D eigenvalue weighted by atomic mass is 32.2. The van der Waals surface area contributed by atoms with Gasteiger partial charge in [0.05, 0.1) is 16.3 Å². The number of aromatic amines is 2. The van der Waals surface area contributed by atoms with Crippen LogP contribution in [-0.4, -0.2) is 31.3 Å². The lowest BCUT2D eigenvalue weighted by Crippen LogP contribution is -2.22. The highest BCUT2D eigenvalue weighted by molar-refractivity contribution is 8.02. The Hall–Kier alpha value is -2.13. The van der Waals surface area contributed by atoms with Crippen molar-refractivity contribution < 1.29 is 4.79 Å². The van der Waals surface area contributed by atoms with E-state index in [1.807, 2.05) is 0 Å². The molecule has 0 saturated carbocycles. The van der Waals surface area contributed by atoms with Crippen molar-refractivity contribution in [1.82, 2.24) is 20.2 Å². The molecule has 0 bridgehead atoms. The monoisotopic (exact) mass is 321 g/mol. The first-order valence-corrected chi connectivity index (χ1v) is 7.83. The molecule has 3 rings (SSSR count). The van der Waals surface area contributed by atoms with Gasteiger partial charge < -0.3 is 15.3 Å². The lowest BCUT2D eigenvalue weighted by molar-refractivity contribution is -0.115. The Kier molecular flexibility index (Phi) is 3.76. The van der Waals surface area contributed by atoms with Crippen LogP contribution >= 0.6 is 23.1 Å². The lowest BCUT2D eigenvalue weighted by atomic mass is 10.2. The predicted molar refractivity (Wildman–Crippen MR) is 82.8 cm³/mol. The first-order chi connectivity index (χ1) is 10.1. The van der Waals surface area contributed by atoms with E-state index in [0.29, 0.717) is 16.7 Å². The normalized spacial score (nSPS) is 12.4. The molecule has 1 atom stereocenters. The molecule has 0 spiro atoms. The summed E-state index contributed by atoms with van der Waals surface area (Å²) < 4.78 is 0.753. The summed E-state index contributed by atoms with van der Waals surface area (Å²) in [4.78, 5) is 28.6. The van der Waals surface area contributed by atoms with Crippen LogP contribution in [-0.2, 0) is 4.79 Å². The molecule has 21 heavy (non-hydrogen) atoms. The fraction of sp³-hybridized carbons (Fsp3) is 0.167. The molecule has 0 fully saturated rings. The molecule has 7 nitrogen and oxygen atoms in total. The van der Waals surface area contributed by atoms with E-state index in [1.54, 1.807) is 30.6 Å². The van der Waals surface area contributed by atoms with Gasteiger partial charge in [-0.3, -0.25) is 4.79 Å². The highest BCUT2D eigenvalue weighted by Crippen LogP contribution is 2.25. The Morgan fingerprint density at radius 2 is 2.19 bits per heavy atom. The fourth-order valence-corrected chi connectivity index (χ4v) is 3.40. The van der Waals surface area contributed by atoms with Crippen LogP contribution in [0.4, 0.5) is 5.69 Å². The van der Waals surface area contributed by atoms with Crippen LogP contribution < -0.4 is 11.0 Å². The first-order valence-electron chi connectivity index (χ1n) is 6.07. The molecule has 2 heterocycles. The van der Waals surface area contributed by atoms with Crippen molar-refractivity contribution in [3.05, 3.63) is 34.2 Å². The number of nitrogens with zero attached hydrogens (tertiary/aromatic N) is 2. The average molecular weight is 321 g/mol. The van der Waals surface area contributed by atoms with Crippen molar-refractivity contribution in [3.63, 3.8) is 0 Å². The predicted octanol–water partition coefficient (Wildman–Crippen LogP) is 1.83. The third-order valence-electron chi connectivity index (χ3n) is 2.77.